The van der Waals surface area contributed by atoms with Crippen LogP contribution in [0.25, 0.3) is 5.69 Å². The first-order valence-corrected chi connectivity index (χ1v) is 6.00. The number of rotatable bonds is 5. The van der Waals surface area contributed by atoms with E-state index in [0.29, 0.717) is 5.56 Å². The molecule has 0 aliphatic heterocycles. The number of benzene rings is 1. The lowest BCUT2D eigenvalue weighted by Crippen LogP contribution is -2.43. The second kappa shape index (κ2) is 6.03. The van der Waals surface area contributed by atoms with Crippen molar-refractivity contribution in [3.8, 4) is 5.69 Å². The van der Waals surface area contributed by atoms with Crippen molar-refractivity contribution in [1.82, 2.24) is 9.88 Å². The maximum Gasteiger partial charge on any atom is 0.328 e. The summed E-state index contributed by atoms with van der Waals surface area (Å²) >= 11 is 0. The lowest BCUT2D eigenvalue weighted by atomic mass is 10.1. The lowest BCUT2D eigenvalue weighted by Gasteiger charge is -2.12. The summed E-state index contributed by atoms with van der Waals surface area (Å²) in [5.74, 6) is -1.81. The standard InChI is InChI=1S/C14H14N2O4/c17-9-12(14(19)20)15-13(18)10-3-5-11(6-4-10)16-7-1-2-8-16/h1-8,12,17H,9H2,(H,15,18)(H,19,20). The van der Waals surface area contributed by atoms with Gasteiger partial charge < -0.3 is 20.1 Å². The highest BCUT2D eigenvalue weighted by Crippen LogP contribution is 2.10. The third-order valence-corrected chi connectivity index (χ3v) is 2.82. The Morgan fingerprint density at radius 3 is 2.25 bits per heavy atom. The molecule has 1 atom stereocenters. The Morgan fingerprint density at radius 1 is 1.15 bits per heavy atom. The van der Waals surface area contributed by atoms with Crippen LogP contribution in [0.5, 0.6) is 0 Å². The van der Waals surface area contributed by atoms with Crippen molar-refractivity contribution in [2.75, 3.05) is 6.61 Å². The van der Waals surface area contributed by atoms with Crippen molar-refractivity contribution in [2.45, 2.75) is 6.04 Å². The van der Waals surface area contributed by atoms with Crippen LogP contribution in [-0.4, -0.2) is 39.3 Å². The summed E-state index contributed by atoms with van der Waals surface area (Å²) in [5.41, 5.74) is 1.23. The molecule has 0 bridgehead atoms. The third kappa shape index (κ3) is 3.04. The Bertz CT molecular complexity index is 590. The van der Waals surface area contributed by atoms with Crippen LogP contribution in [0.1, 0.15) is 10.4 Å². The zero-order valence-electron chi connectivity index (χ0n) is 10.6. The highest BCUT2D eigenvalue weighted by atomic mass is 16.4. The van der Waals surface area contributed by atoms with E-state index < -0.39 is 24.5 Å². The fourth-order valence-corrected chi connectivity index (χ4v) is 1.72. The molecule has 104 valence electrons. The van der Waals surface area contributed by atoms with E-state index in [1.54, 1.807) is 24.3 Å². The summed E-state index contributed by atoms with van der Waals surface area (Å²) in [7, 11) is 0. The molecular formula is C14H14N2O4. The molecule has 1 aromatic carbocycles. The van der Waals surface area contributed by atoms with Gasteiger partial charge in [0.2, 0.25) is 0 Å². The van der Waals surface area contributed by atoms with Gasteiger partial charge in [-0.15, -0.1) is 0 Å². The van der Waals surface area contributed by atoms with Crippen molar-refractivity contribution in [1.29, 1.82) is 0 Å². The molecule has 0 radical (unpaired) electrons. The molecule has 0 saturated carbocycles. The summed E-state index contributed by atoms with van der Waals surface area (Å²) in [6.45, 7) is -0.650. The zero-order valence-corrected chi connectivity index (χ0v) is 10.6. The average molecular weight is 274 g/mol. The maximum absolute atomic E-state index is 11.8. The monoisotopic (exact) mass is 274 g/mol. The molecule has 1 unspecified atom stereocenters. The van der Waals surface area contributed by atoms with E-state index >= 15 is 0 Å². The van der Waals surface area contributed by atoms with Crippen LogP contribution >= 0.6 is 0 Å². The van der Waals surface area contributed by atoms with Gasteiger partial charge in [-0.25, -0.2) is 4.79 Å². The molecule has 2 aromatic rings. The van der Waals surface area contributed by atoms with Crippen LogP contribution in [0, 0.1) is 0 Å². The van der Waals surface area contributed by atoms with E-state index in [4.69, 9.17) is 10.2 Å². The van der Waals surface area contributed by atoms with Gasteiger partial charge >= 0.3 is 5.97 Å². The molecule has 6 nitrogen and oxygen atoms in total. The summed E-state index contributed by atoms with van der Waals surface area (Å²) in [5, 5.41) is 19.9. The minimum Gasteiger partial charge on any atom is -0.480 e. The molecule has 0 aliphatic carbocycles. The SMILES string of the molecule is O=C(NC(CO)C(=O)O)c1ccc(-n2cccc2)cc1. The summed E-state index contributed by atoms with van der Waals surface area (Å²) in [4.78, 5) is 22.6. The first-order valence-electron chi connectivity index (χ1n) is 6.00. The van der Waals surface area contributed by atoms with Gasteiger partial charge in [-0.1, -0.05) is 0 Å². The topological polar surface area (TPSA) is 91.6 Å². The van der Waals surface area contributed by atoms with Crippen LogP contribution in [0.2, 0.25) is 0 Å². The Labute approximate surface area is 115 Å². The first-order chi connectivity index (χ1) is 9.61. The van der Waals surface area contributed by atoms with Gasteiger partial charge in [0.05, 0.1) is 6.61 Å². The van der Waals surface area contributed by atoms with Crippen LogP contribution in [-0.2, 0) is 4.79 Å². The predicted molar refractivity (Wildman–Crippen MR) is 71.7 cm³/mol. The second-order valence-corrected chi connectivity index (χ2v) is 4.18. The number of carboxylic acid groups (broad SMARTS) is 1. The van der Waals surface area contributed by atoms with Gasteiger partial charge in [0, 0.05) is 23.6 Å². The minimum atomic E-state index is -1.30. The van der Waals surface area contributed by atoms with Gasteiger partial charge in [0.25, 0.3) is 5.91 Å². The number of nitrogens with zero attached hydrogens (tertiary/aromatic N) is 1. The largest absolute Gasteiger partial charge is 0.480 e. The van der Waals surface area contributed by atoms with Crippen LogP contribution in [0.3, 0.4) is 0 Å². The van der Waals surface area contributed by atoms with Crippen molar-refractivity contribution in [3.05, 3.63) is 54.4 Å². The summed E-state index contributed by atoms with van der Waals surface area (Å²) < 4.78 is 1.88. The average Bonchev–Trinajstić information content (AvgIpc) is 2.98. The smallest absolute Gasteiger partial charge is 0.328 e. The molecule has 1 aromatic heterocycles. The van der Waals surface area contributed by atoms with Crippen molar-refractivity contribution >= 4 is 11.9 Å². The number of aliphatic hydroxyl groups is 1. The molecular weight excluding hydrogens is 260 g/mol. The summed E-state index contributed by atoms with van der Waals surface area (Å²) in [6.07, 6.45) is 3.75. The van der Waals surface area contributed by atoms with Crippen LogP contribution in [0.4, 0.5) is 0 Å². The van der Waals surface area contributed by atoms with Gasteiger partial charge in [-0.05, 0) is 36.4 Å². The van der Waals surface area contributed by atoms with Crippen molar-refractivity contribution in [2.24, 2.45) is 0 Å². The van der Waals surface area contributed by atoms with Gasteiger partial charge in [-0.2, -0.15) is 0 Å². The Balaban J connectivity index is 2.10. The van der Waals surface area contributed by atoms with Gasteiger partial charge in [0.15, 0.2) is 6.04 Å². The normalized spacial score (nSPS) is 11.8. The number of amides is 1. The minimum absolute atomic E-state index is 0.334. The van der Waals surface area contributed by atoms with Crippen LogP contribution < -0.4 is 5.32 Å². The fourth-order valence-electron chi connectivity index (χ4n) is 1.72. The Kier molecular flexibility index (Phi) is 4.17. The highest BCUT2D eigenvalue weighted by molar-refractivity contribution is 5.96. The van der Waals surface area contributed by atoms with Crippen molar-refractivity contribution in [3.63, 3.8) is 0 Å². The number of carboxylic acids is 1. The molecule has 0 aliphatic rings. The maximum atomic E-state index is 11.8. The number of carbonyl (C=O) groups excluding carboxylic acids is 1. The number of hydrogen-bond acceptors (Lipinski definition) is 3. The quantitative estimate of drug-likeness (QED) is 0.746. The van der Waals surface area contributed by atoms with E-state index in [1.165, 1.54) is 0 Å². The number of aliphatic carboxylic acids is 1. The summed E-state index contributed by atoms with van der Waals surface area (Å²) in [6, 6.07) is 9.18. The first kappa shape index (κ1) is 13.8. The van der Waals surface area contributed by atoms with E-state index in [1.807, 2.05) is 29.1 Å². The predicted octanol–water partition coefficient (Wildman–Crippen LogP) is 0.653. The molecule has 0 spiro atoms. The van der Waals surface area contributed by atoms with Gasteiger partial charge in [-0.3, -0.25) is 4.79 Å². The number of carbonyl (C=O) groups is 2. The molecule has 3 N–H and O–H groups in total. The molecule has 1 amide bonds. The van der Waals surface area contributed by atoms with Crippen LogP contribution in [0.15, 0.2) is 48.8 Å². The van der Waals surface area contributed by atoms with Crippen molar-refractivity contribution < 1.29 is 19.8 Å². The number of nitrogens with one attached hydrogen (secondary N) is 1. The zero-order chi connectivity index (χ0) is 14.5. The second-order valence-electron chi connectivity index (χ2n) is 4.18. The molecule has 1 heterocycles. The highest BCUT2D eigenvalue weighted by Gasteiger charge is 2.19. The Hall–Kier alpha value is -2.60. The molecule has 0 fully saturated rings. The lowest BCUT2D eigenvalue weighted by molar-refractivity contribution is -0.140. The molecule has 20 heavy (non-hydrogen) atoms. The fraction of sp³-hybridized carbons (Fsp3) is 0.143. The van der Waals surface area contributed by atoms with Gasteiger partial charge in [0.1, 0.15) is 0 Å². The third-order valence-electron chi connectivity index (χ3n) is 2.82. The molecule has 6 heteroatoms. The number of hydrogen-bond donors (Lipinski definition) is 3. The molecule has 2 rings (SSSR count). The van der Waals surface area contributed by atoms with E-state index in [2.05, 4.69) is 5.32 Å². The molecule has 0 saturated heterocycles. The number of aromatic nitrogens is 1. The Morgan fingerprint density at radius 2 is 1.75 bits per heavy atom. The van der Waals surface area contributed by atoms with E-state index in [-0.39, 0.29) is 0 Å². The van der Waals surface area contributed by atoms with E-state index in [9.17, 15) is 9.59 Å². The van der Waals surface area contributed by atoms with E-state index in [0.717, 1.165) is 5.69 Å². The number of aliphatic hydroxyl groups excluding tert-OH is 1.